The molecule has 0 amide bonds. The van der Waals surface area contributed by atoms with Crippen molar-refractivity contribution in [1.29, 1.82) is 0 Å². The first kappa shape index (κ1) is 25.2. The zero-order valence-electron chi connectivity index (χ0n) is 21.3. The van der Waals surface area contributed by atoms with Gasteiger partial charge in [0.1, 0.15) is 0 Å². The van der Waals surface area contributed by atoms with Gasteiger partial charge in [-0.15, -0.1) is 0 Å². The van der Waals surface area contributed by atoms with Crippen LogP contribution in [0.3, 0.4) is 0 Å². The molecule has 0 aromatic heterocycles. The van der Waals surface area contributed by atoms with Crippen LogP contribution in [-0.4, -0.2) is 15.9 Å². The van der Waals surface area contributed by atoms with Crippen molar-refractivity contribution in [2.45, 2.75) is 118 Å². The summed E-state index contributed by atoms with van der Waals surface area (Å²) in [6.07, 6.45) is 14.8. The van der Waals surface area contributed by atoms with Gasteiger partial charge in [-0.25, -0.2) is 4.57 Å². The van der Waals surface area contributed by atoms with Crippen molar-refractivity contribution in [1.82, 2.24) is 0 Å². The third kappa shape index (κ3) is 4.77. The Morgan fingerprint density at radius 2 is 1.59 bits per heavy atom. The Hall–Kier alpha value is 0.110. The van der Waals surface area contributed by atoms with Gasteiger partial charge in [0.2, 0.25) is 0 Å². The second-order valence-corrected chi connectivity index (χ2v) is 14.4. The summed E-state index contributed by atoms with van der Waals surface area (Å²) >= 11 is 0. The van der Waals surface area contributed by atoms with E-state index in [0.29, 0.717) is 16.7 Å². The Bertz CT molecular complexity index is 704. The first-order valence-electron chi connectivity index (χ1n) is 13.7. The molecule has 4 rings (SSSR count). The molecule has 4 nitrogen and oxygen atoms in total. The molecule has 4 aliphatic rings. The van der Waals surface area contributed by atoms with Gasteiger partial charge in [-0.2, -0.15) is 0 Å². The molecule has 9 atom stereocenters. The maximum atomic E-state index is 11.4. The van der Waals surface area contributed by atoms with E-state index in [0.717, 1.165) is 54.8 Å². The number of phosphoric ester groups is 1. The fraction of sp³-hybridized carbons (Fsp3) is 1.00. The minimum absolute atomic E-state index is 0.262. The van der Waals surface area contributed by atoms with Crippen molar-refractivity contribution in [3.8, 4) is 0 Å². The van der Waals surface area contributed by atoms with Crippen LogP contribution in [0.1, 0.15) is 112 Å². The van der Waals surface area contributed by atoms with E-state index in [1.165, 1.54) is 57.8 Å². The molecule has 3 unspecified atom stereocenters. The van der Waals surface area contributed by atoms with Crippen LogP contribution < -0.4 is 0 Å². The van der Waals surface area contributed by atoms with E-state index in [-0.39, 0.29) is 6.10 Å². The molecule has 0 radical (unpaired) electrons. The van der Waals surface area contributed by atoms with Crippen LogP contribution >= 0.6 is 7.82 Å². The summed E-state index contributed by atoms with van der Waals surface area (Å²) in [5.74, 6) is 5.69. The van der Waals surface area contributed by atoms with Gasteiger partial charge in [0, 0.05) is 0 Å². The highest BCUT2D eigenvalue weighted by molar-refractivity contribution is 7.46. The number of phosphoric acid groups is 1. The second kappa shape index (κ2) is 9.29. The average Bonchev–Trinajstić information content (AvgIpc) is 3.04. The van der Waals surface area contributed by atoms with Crippen LogP contribution in [0.15, 0.2) is 0 Å². The summed E-state index contributed by atoms with van der Waals surface area (Å²) in [7, 11) is -4.39. The Morgan fingerprint density at radius 1 is 0.906 bits per heavy atom. The SMILES string of the molecule is CC(C)CCC[C@@H](C)[C@H]1CCC2[C@H]3CCC4CC(OP(=O)(O)O)CC[C@]4(C)[C@@H]3CC[C@@]21C. The minimum atomic E-state index is -4.39. The van der Waals surface area contributed by atoms with Gasteiger partial charge in [-0.05, 0) is 110 Å². The largest absolute Gasteiger partial charge is 0.469 e. The third-order valence-corrected chi connectivity index (χ3v) is 11.7. The van der Waals surface area contributed by atoms with E-state index in [4.69, 9.17) is 4.52 Å². The molecule has 4 aliphatic carbocycles. The Labute approximate surface area is 196 Å². The molecular weight excluding hydrogens is 419 g/mol. The van der Waals surface area contributed by atoms with E-state index in [1.807, 2.05) is 0 Å². The van der Waals surface area contributed by atoms with Crippen molar-refractivity contribution in [2.24, 2.45) is 52.3 Å². The van der Waals surface area contributed by atoms with E-state index < -0.39 is 7.82 Å². The maximum absolute atomic E-state index is 11.4. The molecule has 0 aromatic rings. The number of hydrogen-bond donors (Lipinski definition) is 2. The van der Waals surface area contributed by atoms with Crippen LogP contribution in [0.2, 0.25) is 0 Å². The molecule has 4 saturated carbocycles. The van der Waals surface area contributed by atoms with E-state index in [9.17, 15) is 14.4 Å². The van der Waals surface area contributed by atoms with Gasteiger partial charge < -0.3 is 9.79 Å². The van der Waals surface area contributed by atoms with Crippen molar-refractivity contribution < 1.29 is 18.9 Å². The van der Waals surface area contributed by atoms with Gasteiger partial charge in [0.05, 0.1) is 6.10 Å². The molecule has 0 aromatic carbocycles. The summed E-state index contributed by atoms with van der Waals surface area (Å²) in [6, 6.07) is 0. The summed E-state index contributed by atoms with van der Waals surface area (Å²) < 4.78 is 16.5. The first-order chi connectivity index (χ1) is 14.9. The number of rotatable bonds is 7. The molecule has 4 fully saturated rings. The molecule has 5 heteroatoms. The standard InChI is InChI=1S/C27H49O4P/c1-18(2)7-6-8-19(3)23-11-12-24-22-10-9-20-17-21(31-32(28,29)30)13-15-26(20,4)25(22)14-16-27(23,24)5/h18-25H,6-17H2,1-5H3,(H2,28,29,30)/t19-,20?,21?,22-,23-,24?,25-,26+,27-/m1/s1. The summed E-state index contributed by atoms with van der Waals surface area (Å²) in [6.45, 7) is 12.4. The van der Waals surface area contributed by atoms with Crippen LogP contribution in [0.4, 0.5) is 0 Å². The molecule has 0 bridgehead atoms. The van der Waals surface area contributed by atoms with Crippen LogP contribution in [0.5, 0.6) is 0 Å². The van der Waals surface area contributed by atoms with Crippen LogP contribution in [0.25, 0.3) is 0 Å². The van der Waals surface area contributed by atoms with Crippen LogP contribution in [-0.2, 0) is 9.09 Å². The quantitative estimate of drug-likeness (QED) is 0.378. The molecule has 32 heavy (non-hydrogen) atoms. The summed E-state index contributed by atoms with van der Waals surface area (Å²) in [5, 5.41) is 0. The maximum Gasteiger partial charge on any atom is 0.469 e. The Balaban J connectivity index is 1.43. The van der Waals surface area contributed by atoms with Crippen molar-refractivity contribution in [3.05, 3.63) is 0 Å². The van der Waals surface area contributed by atoms with Gasteiger partial charge in [-0.1, -0.05) is 53.9 Å². The fourth-order valence-corrected chi connectivity index (χ4v) is 10.1. The Morgan fingerprint density at radius 3 is 2.28 bits per heavy atom. The highest BCUT2D eigenvalue weighted by atomic mass is 31.2. The van der Waals surface area contributed by atoms with Gasteiger partial charge in [-0.3, -0.25) is 4.52 Å². The normalized spacial score (nSPS) is 45.2. The number of fused-ring (bicyclic) bond motifs is 5. The fourth-order valence-electron chi connectivity index (χ4n) is 9.53. The molecular formula is C27H49O4P. The summed E-state index contributed by atoms with van der Waals surface area (Å²) in [5.41, 5.74) is 0.863. The molecule has 0 aliphatic heterocycles. The molecule has 186 valence electrons. The highest BCUT2D eigenvalue weighted by Crippen LogP contribution is 2.68. The third-order valence-electron chi connectivity index (χ3n) is 11.1. The molecule has 2 N–H and O–H groups in total. The number of hydrogen-bond acceptors (Lipinski definition) is 2. The topological polar surface area (TPSA) is 66.8 Å². The van der Waals surface area contributed by atoms with E-state index in [1.54, 1.807) is 0 Å². The predicted molar refractivity (Wildman–Crippen MR) is 130 cm³/mol. The minimum Gasteiger partial charge on any atom is -0.303 e. The van der Waals surface area contributed by atoms with Crippen molar-refractivity contribution in [2.75, 3.05) is 0 Å². The van der Waals surface area contributed by atoms with Crippen molar-refractivity contribution in [3.63, 3.8) is 0 Å². The molecule has 0 heterocycles. The zero-order valence-corrected chi connectivity index (χ0v) is 22.2. The van der Waals surface area contributed by atoms with E-state index >= 15 is 0 Å². The van der Waals surface area contributed by atoms with Gasteiger partial charge >= 0.3 is 7.82 Å². The van der Waals surface area contributed by atoms with Crippen molar-refractivity contribution >= 4 is 7.82 Å². The second-order valence-electron chi connectivity index (χ2n) is 13.2. The lowest BCUT2D eigenvalue weighted by atomic mass is 9.44. The monoisotopic (exact) mass is 468 g/mol. The zero-order chi connectivity index (χ0) is 23.3. The van der Waals surface area contributed by atoms with Crippen LogP contribution in [0, 0.1) is 52.3 Å². The smallest absolute Gasteiger partial charge is 0.303 e. The summed E-state index contributed by atoms with van der Waals surface area (Å²) in [4.78, 5) is 18.6. The van der Waals surface area contributed by atoms with Gasteiger partial charge in [0.15, 0.2) is 0 Å². The highest BCUT2D eigenvalue weighted by Gasteiger charge is 2.60. The van der Waals surface area contributed by atoms with E-state index in [2.05, 4.69) is 34.6 Å². The average molecular weight is 469 g/mol. The lowest BCUT2D eigenvalue weighted by molar-refractivity contribution is -0.128. The first-order valence-corrected chi connectivity index (χ1v) is 15.2. The Kier molecular flexibility index (Phi) is 7.32. The molecule has 0 spiro atoms. The lowest BCUT2D eigenvalue weighted by Gasteiger charge is -2.61. The lowest BCUT2D eigenvalue weighted by Crippen LogP contribution is -2.54. The van der Waals surface area contributed by atoms with Gasteiger partial charge in [0.25, 0.3) is 0 Å². The molecule has 0 saturated heterocycles. The predicted octanol–water partition coefficient (Wildman–Crippen LogP) is 7.59.